The standard InChI is InChI=1S/C16H22N4/c1-4-13-8-6-7-9-14(13)11-18-16-10-15(17-5-2)19-12(3)20-16/h6-10H,4-5,11H2,1-3H3,(H2,17,18,19,20). The third kappa shape index (κ3) is 3.70. The molecule has 1 aromatic heterocycles. The maximum Gasteiger partial charge on any atom is 0.132 e. The smallest absolute Gasteiger partial charge is 0.132 e. The van der Waals surface area contributed by atoms with E-state index in [2.05, 4.69) is 58.7 Å². The molecule has 0 atom stereocenters. The number of benzene rings is 1. The third-order valence-corrected chi connectivity index (χ3v) is 3.16. The van der Waals surface area contributed by atoms with E-state index in [4.69, 9.17) is 0 Å². The van der Waals surface area contributed by atoms with Gasteiger partial charge in [0.1, 0.15) is 17.5 Å². The molecule has 0 bridgehead atoms. The first-order valence-electron chi connectivity index (χ1n) is 7.13. The van der Waals surface area contributed by atoms with Crippen molar-refractivity contribution in [2.24, 2.45) is 0 Å². The Labute approximate surface area is 120 Å². The molecule has 0 aliphatic heterocycles. The number of aromatic nitrogens is 2. The summed E-state index contributed by atoms with van der Waals surface area (Å²) in [5.41, 5.74) is 2.69. The van der Waals surface area contributed by atoms with E-state index >= 15 is 0 Å². The molecule has 0 amide bonds. The molecule has 2 N–H and O–H groups in total. The molecule has 4 heteroatoms. The average molecular weight is 270 g/mol. The number of nitrogens with zero attached hydrogens (tertiary/aromatic N) is 2. The summed E-state index contributed by atoms with van der Waals surface area (Å²) in [7, 11) is 0. The minimum Gasteiger partial charge on any atom is -0.370 e. The highest BCUT2D eigenvalue weighted by atomic mass is 15.1. The van der Waals surface area contributed by atoms with E-state index in [9.17, 15) is 0 Å². The predicted molar refractivity (Wildman–Crippen MR) is 84.1 cm³/mol. The topological polar surface area (TPSA) is 49.8 Å². The lowest BCUT2D eigenvalue weighted by molar-refractivity contribution is 0.996. The molecule has 2 rings (SSSR count). The zero-order chi connectivity index (χ0) is 14.4. The molecule has 0 spiro atoms. The van der Waals surface area contributed by atoms with Gasteiger partial charge in [-0.3, -0.25) is 0 Å². The molecule has 1 heterocycles. The van der Waals surface area contributed by atoms with Crippen LogP contribution in [0.15, 0.2) is 30.3 Å². The molecule has 0 saturated carbocycles. The van der Waals surface area contributed by atoms with Crippen LogP contribution in [0, 0.1) is 6.92 Å². The molecule has 106 valence electrons. The summed E-state index contributed by atoms with van der Waals surface area (Å²) < 4.78 is 0. The maximum absolute atomic E-state index is 4.42. The number of nitrogens with one attached hydrogen (secondary N) is 2. The lowest BCUT2D eigenvalue weighted by atomic mass is 10.1. The van der Waals surface area contributed by atoms with Crippen LogP contribution >= 0.6 is 0 Å². The van der Waals surface area contributed by atoms with Crippen molar-refractivity contribution in [1.82, 2.24) is 9.97 Å². The van der Waals surface area contributed by atoms with Gasteiger partial charge in [-0.25, -0.2) is 9.97 Å². The highest BCUT2D eigenvalue weighted by Gasteiger charge is 2.03. The molecule has 20 heavy (non-hydrogen) atoms. The van der Waals surface area contributed by atoms with Crippen molar-refractivity contribution in [2.75, 3.05) is 17.2 Å². The van der Waals surface area contributed by atoms with Gasteiger partial charge in [-0.05, 0) is 31.4 Å². The Bertz CT molecular complexity index is 566. The van der Waals surface area contributed by atoms with Crippen LogP contribution in [0.2, 0.25) is 0 Å². The van der Waals surface area contributed by atoms with E-state index in [-0.39, 0.29) is 0 Å². The Kier molecular flexibility index (Phi) is 4.93. The summed E-state index contributed by atoms with van der Waals surface area (Å²) in [6.07, 6.45) is 1.04. The molecule has 0 aliphatic carbocycles. The number of rotatable bonds is 6. The van der Waals surface area contributed by atoms with E-state index in [1.165, 1.54) is 11.1 Å². The molecule has 4 nitrogen and oxygen atoms in total. The largest absolute Gasteiger partial charge is 0.370 e. The Balaban J connectivity index is 2.10. The number of hydrogen-bond donors (Lipinski definition) is 2. The number of aryl methyl sites for hydroxylation is 2. The number of hydrogen-bond acceptors (Lipinski definition) is 4. The predicted octanol–water partition coefficient (Wildman–Crippen LogP) is 3.39. The van der Waals surface area contributed by atoms with Gasteiger partial charge >= 0.3 is 0 Å². The summed E-state index contributed by atoms with van der Waals surface area (Å²) in [6, 6.07) is 10.4. The van der Waals surface area contributed by atoms with Gasteiger partial charge in [-0.1, -0.05) is 31.2 Å². The van der Waals surface area contributed by atoms with E-state index in [1.54, 1.807) is 0 Å². The van der Waals surface area contributed by atoms with Gasteiger partial charge in [0.15, 0.2) is 0 Å². The van der Waals surface area contributed by atoms with Crippen molar-refractivity contribution in [3.63, 3.8) is 0 Å². The van der Waals surface area contributed by atoms with Gasteiger partial charge in [0.05, 0.1) is 0 Å². The first kappa shape index (κ1) is 14.3. The summed E-state index contributed by atoms with van der Waals surface area (Å²) >= 11 is 0. The van der Waals surface area contributed by atoms with Gasteiger partial charge in [0, 0.05) is 19.2 Å². The Morgan fingerprint density at radius 1 is 0.950 bits per heavy atom. The highest BCUT2D eigenvalue weighted by molar-refractivity contribution is 5.48. The second-order valence-electron chi connectivity index (χ2n) is 4.69. The molecule has 0 aliphatic rings. The van der Waals surface area contributed by atoms with Crippen molar-refractivity contribution in [3.05, 3.63) is 47.3 Å². The van der Waals surface area contributed by atoms with Gasteiger partial charge < -0.3 is 10.6 Å². The normalized spacial score (nSPS) is 10.3. The second-order valence-corrected chi connectivity index (χ2v) is 4.69. The molecule has 0 radical (unpaired) electrons. The fraction of sp³-hybridized carbons (Fsp3) is 0.375. The molecule has 0 fully saturated rings. The fourth-order valence-corrected chi connectivity index (χ4v) is 2.19. The summed E-state index contributed by atoms with van der Waals surface area (Å²) in [5, 5.41) is 6.60. The minimum absolute atomic E-state index is 0.773. The van der Waals surface area contributed by atoms with Crippen LogP contribution in [0.5, 0.6) is 0 Å². The molecule has 0 saturated heterocycles. The zero-order valence-corrected chi connectivity index (χ0v) is 12.4. The average Bonchev–Trinajstić information content (AvgIpc) is 2.45. The minimum atomic E-state index is 0.773. The zero-order valence-electron chi connectivity index (χ0n) is 12.4. The second kappa shape index (κ2) is 6.89. The van der Waals surface area contributed by atoms with Gasteiger partial charge in [0.25, 0.3) is 0 Å². The van der Waals surface area contributed by atoms with Crippen molar-refractivity contribution in [2.45, 2.75) is 33.7 Å². The van der Waals surface area contributed by atoms with Crippen LogP contribution < -0.4 is 10.6 Å². The highest BCUT2D eigenvalue weighted by Crippen LogP contribution is 2.14. The third-order valence-electron chi connectivity index (χ3n) is 3.16. The summed E-state index contributed by atoms with van der Waals surface area (Å²) in [6.45, 7) is 7.78. The van der Waals surface area contributed by atoms with Crippen LogP contribution in [-0.2, 0) is 13.0 Å². The van der Waals surface area contributed by atoms with Gasteiger partial charge in [-0.2, -0.15) is 0 Å². The van der Waals surface area contributed by atoms with Crippen molar-refractivity contribution < 1.29 is 0 Å². The molecular formula is C16H22N4. The van der Waals surface area contributed by atoms with E-state index in [1.807, 2.05) is 13.0 Å². The quantitative estimate of drug-likeness (QED) is 0.844. The first-order chi connectivity index (χ1) is 9.72. The molecule has 0 unspecified atom stereocenters. The number of anilines is 2. The monoisotopic (exact) mass is 270 g/mol. The van der Waals surface area contributed by atoms with Crippen molar-refractivity contribution in [3.8, 4) is 0 Å². The van der Waals surface area contributed by atoms with Crippen LogP contribution in [0.4, 0.5) is 11.6 Å². The van der Waals surface area contributed by atoms with Crippen molar-refractivity contribution >= 4 is 11.6 Å². The van der Waals surface area contributed by atoms with Crippen LogP contribution in [0.25, 0.3) is 0 Å². The molecule has 1 aromatic carbocycles. The van der Waals surface area contributed by atoms with Crippen LogP contribution in [0.3, 0.4) is 0 Å². The summed E-state index contributed by atoms with van der Waals surface area (Å²) in [5.74, 6) is 2.50. The van der Waals surface area contributed by atoms with E-state index in [0.29, 0.717) is 0 Å². The molecular weight excluding hydrogens is 248 g/mol. The maximum atomic E-state index is 4.42. The first-order valence-corrected chi connectivity index (χ1v) is 7.13. The Hall–Kier alpha value is -2.10. The Morgan fingerprint density at radius 3 is 2.25 bits per heavy atom. The van der Waals surface area contributed by atoms with E-state index < -0.39 is 0 Å². The fourth-order valence-electron chi connectivity index (χ4n) is 2.19. The van der Waals surface area contributed by atoms with E-state index in [0.717, 1.165) is 37.0 Å². The lowest BCUT2D eigenvalue weighted by Gasteiger charge is -2.11. The summed E-state index contributed by atoms with van der Waals surface area (Å²) in [4.78, 5) is 8.77. The van der Waals surface area contributed by atoms with Crippen LogP contribution in [0.1, 0.15) is 30.8 Å². The van der Waals surface area contributed by atoms with Gasteiger partial charge in [-0.15, -0.1) is 0 Å². The lowest BCUT2D eigenvalue weighted by Crippen LogP contribution is -2.07. The molecule has 2 aromatic rings. The SMILES string of the molecule is CCNc1cc(NCc2ccccc2CC)nc(C)n1. The Morgan fingerprint density at radius 2 is 1.60 bits per heavy atom. The van der Waals surface area contributed by atoms with Crippen LogP contribution in [-0.4, -0.2) is 16.5 Å². The van der Waals surface area contributed by atoms with Gasteiger partial charge in [0.2, 0.25) is 0 Å². The van der Waals surface area contributed by atoms with Crippen molar-refractivity contribution in [1.29, 1.82) is 0 Å².